The Labute approximate surface area is 416 Å². The molecule has 0 aliphatic carbocycles. The number of hydrogen-bond acceptors (Lipinski definition) is 6. The summed E-state index contributed by atoms with van der Waals surface area (Å²) in [6.07, 6.45) is 68.4. The van der Waals surface area contributed by atoms with Crippen LogP contribution in [0.15, 0.2) is 48.6 Å². The molecule has 0 fully saturated rings. The summed E-state index contributed by atoms with van der Waals surface area (Å²) in [7, 11) is 0. The van der Waals surface area contributed by atoms with Gasteiger partial charge in [0.1, 0.15) is 13.2 Å². The van der Waals surface area contributed by atoms with Crippen LogP contribution in [0.2, 0.25) is 0 Å². The zero-order valence-corrected chi connectivity index (χ0v) is 44.7. The lowest BCUT2D eigenvalue weighted by atomic mass is 10.0. The maximum Gasteiger partial charge on any atom is 0.306 e. The van der Waals surface area contributed by atoms with Gasteiger partial charge in [-0.25, -0.2) is 0 Å². The molecule has 0 aliphatic heterocycles. The molecule has 6 nitrogen and oxygen atoms in total. The van der Waals surface area contributed by atoms with Crippen molar-refractivity contribution in [2.24, 2.45) is 0 Å². The van der Waals surface area contributed by atoms with Crippen LogP contribution in [0, 0.1) is 0 Å². The zero-order valence-electron chi connectivity index (χ0n) is 44.7. The lowest BCUT2D eigenvalue weighted by Crippen LogP contribution is -2.30. The molecule has 0 aromatic carbocycles. The van der Waals surface area contributed by atoms with E-state index in [1.807, 2.05) is 0 Å². The summed E-state index contributed by atoms with van der Waals surface area (Å²) in [6, 6.07) is 0. The second kappa shape index (κ2) is 56.0. The van der Waals surface area contributed by atoms with Crippen LogP contribution in [0.3, 0.4) is 0 Å². The van der Waals surface area contributed by atoms with E-state index < -0.39 is 6.10 Å². The molecule has 0 rings (SSSR count). The smallest absolute Gasteiger partial charge is 0.306 e. The lowest BCUT2D eigenvalue weighted by molar-refractivity contribution is -0.167. The highest BCUT2D eigenvalue weighted by molar-refractivity contribution is 5.71. The number of allylic oxidation sites excluding steroid dienone is 8. The van der Waals surface area contributed by atoms with Gasteiger partial charge < -0.3 is 14.2 Å². The summed E-state index contributed by atoms with van der Waals surface area (Å²) in [5.41, 5.74) is 0. The molecule has 0 aromatic heterocycles. The van der Waals surface area contributed by atoms with Gasteiger partial charge in [0.05, 0.1) is 0 Å². The standard InChI is InChI=1S/C61H110O6/c1-4-7-10-13-16-19-21-22-23-24-25-26-27-28-29-30-31-32-33-34-35-36-37-38-40-42-45-48-51-54-60(63)66-57-58(56-65-59(62)53-50-47-44-41-18-15-12-9-6-3)67-61(64)55-52-49-46-43-39-20-17-14-11-8-5-2/h7,10,16,19,22-23,25-26,58H,4-6,8-9,11-15,17-18,20-21,24,27-57H2,1-3H3/b10-7-,19-16-,23-22-,26-25-. The Kier molecular flexibility index (Phi) is 53.8. The number of carbonyl (C=O) groups is 3. The van der Waals surface area contributed by atoms with Gasteiger partial charge in [-0.2, -0.15) is 0 Å². The van der Waals surface area contributed by atoms with Gasteiger partial charge in [-0.05, 0) is 57.8 Å². The third kappa shape index (κ3) is 54.2. The predicted molar refractivity (Wildman–Crippen MR) is 289 cm³/mol. The Morgan fingerprint density at radius 2 is 0.582 bits per heavy atom. The molecule has 1 unspecified atom stereocenters. The third-order valence-electron chi connectivity index (χ3n) is 12.8. The first kappa shape index (κ1) is 64.4. The van der Waals surface area contributed by atoms with Crippen LogP contribution in [0.1, 0.15) is 303 Å². The van der Waals surface area contributed by atoms with E-state index in [0.29, 0.717) is 19.3 Å². The number of unbranched alkanes of at least 4 members (excludes halogenated alkanes) is 34. The number of ether oxygens (including phenoxy) is 3. The van der Waals surface area contributed by atoms with E-state index in [1.54, 1.807) is 0 Å². The lowest BCUT2D eigenvalue weighted by Gasteiger charge is -2.18. The Bertz CT molecular complexity index is 1170. The van der Waals surface area contributed by atoms with Gasteiger partial charge in [-0.15, -0.1) is 0 Å². The second-order valence-corrected chi connectivity index (χ2v) is 19.5. The van der Waals surface area contributed by atoms with Crippen molar-refractivity contribution in [3.63, 3.8) is 0 Å². The second-order valence-electron chi connectivity index (χ2n) is 19.5. The molecule has 1 atom stereocenters. The molecule has 0 amide bonds. The molecule has 0 radical (unpaired) electrons. The van der Waals surface area contributed by atoms with E-state index in [-0.39, 0.29) is 31.1 Å². The highest BCUT2D eigenvalue weighted by atomic mass is 16.6. The van der Waals surface area contributed by atoms with Gasteiger partial charge in [0.15, 0.2) is 6.10 Å². The molecule has 6 heteroatoms. The normalized spacial score (nSPS) is 12.3. The minimum atomic E-state index is -0.765. The SMILES string of the molecule is CC/C=C\C/C=C\C/C=C\C/C=C\CCCCCCCCCCCCCCCCCCC(=O)OCC(COC(=O)CCCCCCCCCCC)OC(=O)CCCCCCCCCCCCC. The summed E-state index contributed by atoms with van der Waals surface area (Å²) in [6.45, 7) is 6.53. The van der Waals surface area contributed by atoms with Gasteiger partial charge >= 0.3 is 17.9 Å². The molecule has 67 heavy (non-hydrogen) atoms. The summed E-state index contributed by atoms with van der Waals surface area (Å²) in [5.74, 6) is -0.856. The molecule has 0 aromatic rings. The van der Waals surface area contributed by atoms with Crippen molar-refractivity contribution < 1.29 is 28.6 Å². The van der Waals surface area contributed by atoms with Crippen LogP contribution in [-0.2, 0) is 28.6 Å². The maximum atomic E-state index is 12.8. The summed E-state index contributed by atoms with van der Waals surface area (Å²) >= 11 is 0. The average Bonchev–Trinajstić information content (AvgIpc) is 3.33. The first-order chi connectivity index (χ1) is 33.0. The summed E-state index contributed by atoms with van der Waals surface area (Å²) < 4.78 is 16.8. The van der Waals surface area contributed by atoms with E-state index in [1.165, 1.54) is 180 Å². The first-order valence-corrected chi connectivity index (χ1v) is 29.1. The van der Waals surface area contributed by atoms with E-state index in [2.05, 4.69) is 69.4 Å². The van der Waals surface area contributed by atoms with Crippen molar-refractivity contribution >= 4 is 17.9 Å². The minimum absolute atomic E-state index is 0.0673. The minimum Gasteiger partial charge on any atom is -0.462 e. The molecular formula is C61H110O6. The molecule has 0 saturated carbocycles. The highest BCUT2D eigenvalue weighted by Crippen LogP contribution is 2.17. The zero-order chi connectivity index (χ0) is 48.6. The molecule has 0 spiro atoms. The van der Waals surface area contributed by atoms with Gasteiger partial charge in [-0.1, -0.05) is 275 Å². The quantitative estimate of drug-likeness (QED) is 0.0262. The van der Waals surface area contributed by atoms with Gasteiger partial charge in [0.25, 0.3) is 0 Å². The Morgan fingerprint density at radius 1 is 0.313 bits per heavy atom. The van der Waals surface area contributed by atoms with E-state index in [0.717, 1.165) is 83.5 Å². The maximum absolute atomic E-state index is 12.8. The summed E-state index contributed by atoms with van der Waals surface area (Å²) in [4.78, 5) is 37.9. The van der Waals surface area contributed by atoms with Crippen molar-refractivity contribution in [3.8, 4) is 0 Å². The molecule has 0 aliphatic rings. The monoisotopic (exact) mass is 939 g/mol. The predicted octanol–water partition coefficient (Wildman–Crippen LogP) is 19.4. The van der Waals surface area contributed by atoms with Crippen molar-refractivity contribution in [2.75, 3.05) is 13.2 Å². The Morgan fingerprint density at radius 3 is 0.910 bits per heavy atom. The third-order valence-corrected chi connectivity index (χ3v) is 12.8. The van der Waals surface area contributed by atoms with E-state index >= 15 is 0 Å². The van der Waals surface area contributed by atoms with Crippen LogP contribution < -0.4 is 0 Å². The fourth-order valence-electron chi connectivity index (χ4n) is 8.49. The Balaban J connectivity index is 4.04. The fraction of sp³-hybridized carbons (Fsp3) is 0.820. The van der Waals surface area contributed by atoms with Gasteiger partial charge in [-0.3, -0.25) is 14.4 Å². The van der Waals surface area contributed by atoms with Crippen molar-refractivity contribution in [1.29, 1.82) is 0 Å². The number of carbonyl (C=O) groups excluding carboxylic acids is 3. The average molecular weight is 940 g/mol. The molecule has 0 N–H and O–H groups in total. The molecule has 0 bridgehead atoms. The Hall–Kier alpha value is -2.63. The fourth-order valence-corrected chi connectivity index (χ4v) is 8.49. The van der Waals surface area contributed by atoms with Crippen LogP contribution in [0.25, 0.3) is 0 Å². The van der Waals surface area contributed by atoms with E-state index in [4.69, 9.17) is 14.2 Å². The van der Waals surface area contributed by atoms with Crippen LogP contribution in [0.5, 0.6) is 0 Å². The highest BCUT2D eigenvalue weighted by Gasteiger charge is 2.19. The van der Waals surface area contributed by atoms with E-state index in [9.17, 15) is 14.4 Å². The van der Waals surface area contributed by atoms with Gasteiger partial charge in [0.2, 0.25) is 0 Å². The van der Waals surface area contributed by atoms with Crippen LogP contribution in [-0.4, -0.2) is 37.2 Å². The van der Waals surface area contributed by atoms with Crippen LogP contribution >= 0.6 is 0 Å². The number of hydrogen-bond donors (Lipinski definition) is 0. The molecular weight excluding hydrogens is 829 g/mol. The molecule has 0 saturated heterocycles. The van der Waals surface area contributed by atoms with Gasteiger partial charge in [0, 0.05) is 19.3 Å². The van der Waals surface area contributed by atoms with Crippen molar-refractivity contribution in [2.45, 2.75) is 309 Å². The largest absolute Gasteiger partial charge is 0.462 e. The number of esters is 3. The van der Waals surface area contributed by atoms with Crippen molar-refractivity contribution in [3.05, 3.63) is 48.6 Å². The topological polar surface area (TPSA) is 78.9 Å². The first-order valence-electron chi connectivity index (χ1n) is 29.1. The van der Waals surface area contributed by atoms with Crippen molar-refractivity contribution in [1.82, 2.24) is 0 Å². The molecule has 390 valence electrons. The van der Waals surface area contributed by atoms with Crippen LogP contribution in [0.4, 0.5) is 0 Å². The summed E-state index contributed by atoms with van der Waals surface area (Å²) in [5, 5.41) is 0. The number of rotatable bonds is 53. The molecule has 0 heterocycles.